The van der Waals surface area contributed by atoms with Crippen molar-refractivity contribution in [2.24, 2.45) is 0 Å². The van der Waals surface area contributed by atoms with Gasteiger partial charge in [0.25, 0.3) is 0 Å². The normalized spacial score (nSPS) is 21.1. The molecule has 0 bridgehead atoms. The van der Waals surface area contributed by atoms with Gasteiger partial charge < -0.3 is 40.3 Å². The maximum Gasteiger partial charge on any atom is 0.220 e. The standard InChI is InChI=1S/C49H91NO8/c1-3-5-7-9-11-13-14-15-16-17-18-19-20-21-22-23-24-25-26-27-28-29-30-31-33-35-37-39-45(53)50-42(43(52)38-36-34-32-12-10-8-6-4-2)41-57-49-48(56)47(55)46(54)44(40-51)58-49/h14-15,17-18,36,38,42-44,46-49,51-52,54-56H,3-13,16,19-35,37,39-41H2,1-2H3,(H,50,53)/b15-14-,18-17-,38-36+. The van der Waals surface area contributed by atoms with Gasteiger partial charge in [-0.25, -0.2) is 0 Å². The molecule has 7 unspecified atom stereocenters. The average molecular weight is 822 g/mol. The van der Waals surface area contributed by atoms with Crippen molar-refractivity contribution in [3.8, 4) is 0 Å². The quantitative estimate of drug-likeness (QED) is 0.0264. The highest BCUT2D eigenvalue weighted by molar-refractivity contribution is 5.76. The van der Waals surface area contributed by atoms with E-state index < -0.39 is 49.5 Å². The first-order chi connectivity index (χ1) is 28.3. The molecule has 58 heavy (non-hydrogen) atoms. The lowest BCUT2D eigenvalue weighted by atomic mass is 9.99. The predicted octanol–water partition coefficient (Wildman–Crippen LogP) is 10.5. The number of ether oxygens (including phenoxy) is 2. The van der Waals surface area contributed by atoms with E-state index in [1.807, 2.05) is 6.08 Å². The summed E-state index contributed by atoms with van der Waals surface area (Å²) < 4.78 is 11.2. The average Bonchev–Trinajstić information content (AvgIpc) is 3.22. The van der Waals surface area contributed by atoms with Gasteiger partial charge in [0.15, 0.2) is 6.29 Å². The van der Waals surface area contributed by atoms with Crippen LogP contribution in [0.1, 0.15) is 213 Å². The fourth-order valence-corrected chi connectivity index (χ4v) is 7.54. The summed E-state index contributed by atoms with van der Waals surface area (Å²) in [6.07, 6.45) is 42.2. The van der Waals surface area contributed by atoms with Crippen molar-refractivity contribution in [3.63, 3.8) is 0 Å². The molecule has 1 amide bonds. The number of hydrogen-bond acceptors (Lipinski definition) is 8. The summed E-state index contributed by atoms with van der Waals surface area (Å²) in [7, 11) is 0. The van der Waals surface area contributed by atoms with Crippen LogP contribution < -0.4 is 5.32 Å². The van der Waals surface area contributed by atoms with Gasteiger partial charge in [-0.15, -0.1) is 0 Å². The van der Waals surface area contributed by atoms with E-state index in [-0.39, 0.29) is 12.5 Å². The maximum atomic E-state index is 12.9. The van der Waals surface area contributed by atoms with Crippen LogP contribution in [0.2, 0.25) is 0 Å². The molecular formula is C49H91NO8. The molecule has 0 aromatic carbocycles. The largest absolute Gasteiger partial charge is 0.394 e. The van der Waals surface area contributed by atoms with Gasteiger partial charge in [-0.1, -0.05) is 192 Å². The fourth-order valence-electron chi connectivity index (χ4n) is 7.54. The van der Waals surface area contributed by atoms with Crippen molar-refractivity contribution < 1.29 is 39.8 Å². The van der Waals surface area contributed by atoms with Crippen LogP contribution in [-0.2, 0) is 14.3 Å². The Balaban J connectivity index is 2.15. The SMILES string of the molecule is CCCCCCC/C=C\C/C=C\CCCCCCCCCCCCCCCCCC(=O)NC(COC1OC(CO)C(O)C(O)C1O)C(O)/C=C/CCCCCCCC. The number of nitrogens with one attached hydrogen (secondary N) is 1. The highest BCUT2D eigenvalue weighted by Gasteiger charge is 2.44. The third-order valence-electron chi connectivity index (χ3n) is 11.5. The van der Waals surface area contributed by atoms with Gasteiger partial charge >= 0.3 is 0 Å². The number of unbranched alkanes of at least 4 members (excludes halogenated alkanes) is 26. The molecule has 0 aliphatic carbocycles. The molecule has 9 heteroatoms. The zero-order chi connectivity index (χ0) is 42.3. The molecule has 7 atom stereocenters. The highest BCUT2D eigenvalue weighted by atomic mass is 16.7. The monoisotopic (exact) mass is 822 g/mol. The van der Waals surface area contributed by atoms with Crippen molar-refractivity contribution in [2.45, 2.75) is 256 Å². The summed E-state index contributed by atoms with van der Waals surface area (Å²) in [6, 6.07) is -0.801. The van der Waals surface area contributed by atoms with Crippen LogP contribution in [0.25, 0.3) is 0 Å². The second kappa shape index (κ2) is 39.5. The third-order valence-corrected chi connectivity index (χ3v) is 11.5. The fraction of sp³-hybridized carbons (Fsp3) is 0.857. The van der Waals surface area contributed by atoms with Crippen LogP contribution in [0.3, 0.4) is 0 Å². The second-order valence-electron chi connectivity index (χ2n) is 16.9. The summed E-state index contributed by atoms with van der Waals surface area (Å²) >= 11 is 0. The third kappa shape index (κ3) is 29.6. The van der Waals surface area contributed by atoms with E-state index in [4.69, 9.17) is 9.47 Å². The minimum Gasteiger partial charge on any atom is -0.394 e. The first-order valence-corrected chi connectivity index (χ1v) is 24.2. The van der Waals surface area contributed by atoms with Crippen LogP contribution in [0, 0.1) is 0 Å². The lowest BCUT2D eigenvalue weighted by Crippen LogP contribution is -2.60. The van der Waals surface area contributed by atoms with E-state index in [2.05, 4.69) is 43.5 Å². The van der Waals surface area contributed by atoms with Crippen molar-refractivity contribution in [1.29, 1.82) is 0 Å². The van der Waals surface area contributed by atoms with Crippen molar-refractivity contribution in [2.75, 3.05) is 13.2 Å². The first kappa shape index (κ1) is 54.4. The molecule has 1 saturated heterocycles. The molecule has 0 radical (unpaired) electrons. The summed E-state index contributed by atoms with van der Waals surface area (Å²) in [6.45, 7) is 3.72. The van der Waals surface area contributed by atoms with Crippen LogP contribution in [-0.4, -0.2) is 87.5 Å². The number of aliphatic hydroxyl groups is 5. The molecular weight excluding hydrogens is 731 g/mol. The van der Waals surface area contributed by atoms with E-state index >= 15 is 0 Å². The summed E-state index contributed by atoms with van der Waals surface area (Å²) in [4.78, 5) is 12.9. The Morgan fingerprint density at radius 1 is 0.586 bits per heavy atom. The van der Waals surface area contributed by atoms with Gasteiger partial charge in [-0.3, -0.25) is 4.79 Å². The topological polar surface area (TPSA) is 149 Å². The number of aliphatic hydroxyl groups excluding tert-OH is 5. The Bertz CT molecular complexity index is 1000. The molecule has 9 nitrogen and oxygen atoms in total. The smallest absolute Gasteiger partial charge is 0.220 e. The molecule has 1 rings (SSSR count). The summed E-state index contributed by atoms with van der Waals surface area (Å²) in [5.74, 6) is -0.180. The molecule has 0 aromatic rings. The number of rotatable bonds is 40. The van der Waals surface area contributed by atoms with Crippen molar-refractivity contribution in [3.05, 3.63) is 36.5 Å². The molecule has 1 aliphatic rings. The minimum absolute atomic E-state index is 0.180. The predicted molar refractivity (Wildman–Crippen MR) is 240 cm³/mol. The highest BCUT2D eigenvalue weighted by Crippen LogP contribution is 2.23. The Morgan fingerprint density at radius 3 is 1.48 bits per heavy atom. The van der Waals surface area contributed by atoms with Crippen LogP contribution in [0.4, 0.5) is 0 Å². The summed E-state index contributed by atoms with van der Waals surface area (Å²) in [5, 5.41) is 54.0. The van der Waals surface area contributed by atoms with E-state index in [1.54, 1.807) is 6.08 Å². The van der Waals surface area contributed by atoms with E-state index in [9.17, 15) is 30.3 Å². The Morgan fingerprint density at radius 2 is 1.02 bits per heavy atom. The molecule has 1 heterocycles. The van der Waals surface area contributed by atoms with Gasteiger partial charge in [-0.2, -0.15) is 0 Å². The zero-order valence-corrected chi connectivity index (χ0v) is 37.3. The van der Waals surface area contributed by atoms with Crippen LogP contribution in [0.15, 0.2) is 36.5 Å². The molecule has 0 aromatic heterocycles. The van der Waals surface area contributed by atoms with E-state index in [1.165, 1.54) is 148 Å². The number of carbonyl (C=O) groups excluding carboxylic acids is 1. The summed E-state index contributed by atoms with van der Waals surface area (Å²) in [5.41, 5.74) is 0. The Labute approximate surface area is 355 Å². The van der Waals surface area contributed by atoms with Gasteiger partial charge in [0, 0.05) is 6.42 Å². The number of hydrogen-bond donors (Lipinski definition) is 6. The molecule has 1 aliphatic heterocycles. The number of allylic oxidation sites excluding steroid dienone is 5. The molecule has 6 N–H and O–H groups in total. The van der Waals surface area contributed by atoms with E-state index in [0.29, 0.717) is 6.42 Å². The molecule has 0 saturated carbocycles. The van der Waals surface area contributed by atoms with Crippen molar-refractivity contribution in [1.82, 2.24) is 5.32 Å². The Hall–Kier alpha value is -1.59. The van der Waals surface area contributed by atoms with Crippen LogP contribution in [0.5, 0.6) is 0 Å². The van der Waals surface area contributed by atoms with Gasteiger partial charge in [0.1, 0.15) is 24.4 Å². The maximum absolute atomic E-state index is 12.9. The van der Waals surface area contributed by atoms with E-state index in [0.717, 1.165) is 44.9 Å². The van der Waals surface area contributed by atoms with Gasteiger partial charge in [0.2, 0.25) is 5.91 Å². The zero-order valence-electron chi connectivity index (χ0n) is 37.3. The van der Waals surface area contributed by atoms with Crippen molar-refractivity contribution >= 4 is 5.91 Å². The number of amides is 1. The lowest BCUT2D eigenvalue weighted by Gasteiger charge is -2.40. The molecule has 0 spiro atoms. The number of carbonyl (C=O) groups is 1. The van der Waals surface area contributed by atoms with Gasteiger partial charge in [-0.05, 0) is 51.4 Å². The minimum atomic E-state index is -1.56. The molecule has 340 valence electrons. The Kier molecular flexibility index (Phi) is 37.1. The lowest BCUT2D eigenvalue weighted by molar-refractivity contribution is -0.302. The molecule has 1 fully saturated rings. The first-order valence-electron chi connectivity index (χ1n) is 24.2. The van der Waals surface area contributed by atoms with Gasteiger partial charge in [0.05, 0.1) is 25.4 Å². The second-order valence-corrected chi connectivity index (χ2v) is 16.9. The van der Waals surface area contributed by atoms with Crippen LogP contribution >= 0.6 is 0 Å².